The molecule has 2 nitrogen and oxygen atoms in total. The lowest BCUT2D eigenvalue weighted by atomic mass is 9.87. The zero-order valence-corrected chi connectivity index (χ0v) is 13.3. The van der Waals surface area contributed by atoms with E-state index in [0.29, 0.717) is 0 Å². The molecule has 0 aliphatic rings. The quantitative estimate of drug-likeness (QED) is 0.758. The molecule has 0 aliphatic heterocycles. The third-order valence-corrected chi connectivity index (χ3v) is 3.49. The third kappa shape index (κ3) is 6.22. The summed E-state index contributed by atoms with van der Waals surface area (Å²) in [5, 5.41) is 3.19. The Morgan fingerprint density at radius 1 is 1.05 bits per heavy atom. The smallest absolute Gasteiger partial charge is 0.0230 e. The highest BCUT2D eigenvalue weighted by atomic mass is 15.1. The maximum Gasteiger partial charge on any atom is 0.0230 e. The van der Waals surface area contributed by atoms with Crippen molar-refractivity contribution in [3.63, 3.8) is 0 Å². The summed E-state index contributed by atoms with van der Waals surface area (Å²) in [6.45, 7) is 10.1. The number of unbranched alkanes of at least 4 members (excludes halogenated alkanes) is 1. The molecule has 0 radical (unpaired) electrons. The summed E-state index contributed by atoms with van der Waals surface area (Å²) in [5.41, 5.74) is 3.06. The van der Waals surface area contributed by atoms with Crippen molar-refractivity contribution in [1.29, 1.82) is 0 Å². The molecule has 0 saturated carbocycles. The predicted octanol–water partition coefficient (Wildman–Crippen LogP) is 3.42. The third-order valence-electron chi connectivity index (χ3n) is 3.49. The molecule has 0 spiro atoms. The van der Waals surface area contributed by atoms with Gasteiger partial charge in [0, 0.05) is 6.54 Å². The molecular formula is C17H30N2. The lowest BCUT2D eigenvalue weighted by molar-refractivity contribution is 0.318. The highest BCUT2D eigenvalue weighted by Gasteiger charge is 2.12. The van der Waals surface area contributed by atoms with Gasteiger partial charge in [0.15, 0.2) is 0 Å². The molecule has 19 heavy (non-hydrogen) atoms. The van der Waals surface area contributed by atoms with E-state index in [-0.39, 0.29) is 5.41 Å². The van der Waals surface area contributed by atoms with Crippen LogP contribution >= 0.6 is 0 Å². The molecule has 1 N–H and O–H groups in total. The Morgan fingerprint density at radius 2 is 1.68 bits per heavy atom. The van der Waals surface area contributed by atoms with Gasteiger partial charge in [0.05, 0.1) is 0 Å². The van der Waals surface area contributed by atoms with E-state index in [2.05, 4.69) is 62.3 Å². The van der Waals surface area contributed by atoms with Crippen LogP contribution in [0.3, 0.4) is 0 Å². The van der Waals surface area contributed by atoms with Gasteiger partial charge in [-0.1, -0.05) is 45.0 Å². The van der Waals surface area contributed by atoms with Crippen molar-refractivity contribution in [1.82, 2.24) is 10.2 Å². The molecule has 0 aromatic heterocycles. The van der Waals surface area contributed by atoms with Crippen molar-refractivity contribution in [2.75, 3.05) is 27.2 Å². The van der Waals surface area contributed by atoms with Crippen LogP contribution in [0.25, 0.3) is 0 Å². The minimum atomic E-state index is 0.248. The fourth-order valence-corrected chi connectivity index (χ4v) is 2.18. The van der Waals surface area contributed by atoms with Crippen LogP contribution in [0.4, 0.5) is 0 Å². The van der Waals surface area contributed by atoms with Gasteiger partial charge in [-0.05, 0) is 56.6 Å². The van der Waals surface area contributed by atoms with Crippen molar-refractivity contribution in [2.24, 2.45) is 0 Å². The highest BCUT2D eigenvalue weighted by Crippen LogP contribution is 2.22. The number of nitrogens with zero attached hydrogens (tertiary/aromatic N) is 1. The van der Waals surface area contributed by atoms with Crippen LogP contribution in [-0.4, -0.2) is 32.1 Å². The van der Waals surface area contributed by atoms with Crippen LogP contribution in [0.15, 0.2) is 24.3 Å². The van der Waals surface area contributed by atoms with Crippen LogP contribution in [0.5, 0.6) is 0 Å². The lowest BCUT2D eigenvalue weighted by Gasteiger charge is -2.20. The van der Waals surface area contributed by atoms with Gasteiger partial charge in [-0.3, -0.25) is 0 Å². The summed E-state index contributed by atoms with van der Waals surface area (Å²) in [6, 6.07) is 9.07. The van der Waals surface area contributed by atoms with Crippen LogP contribution in [0.2, 0.25) is 0 Å². The second-order valence-electron chi connectivity index (χ2n) is 6.50. The molecule has 1 aromatic rings. The van der Waals surface area contributed by atoms with Crippen molar-refractivity contribution in [3.05, 3.63) is 35.4 Å². The van der Waals surface area contributed by atoms with E-state index in [1.54, 1.807) is 0 Å². The molecule has 0 fully saturated rings. The monoisotopic (exact) mass is 262 g/mol. The molecule has 0 unspecified atom stereocenters. The fourth-order valence-electron chi connectivity index (χ4n) is 2.18. The van der Waals surface area contributed by atoms with E-state index in [1.165, 1.54) is 30.5 Å². The van der Waals surface area contributed by atoms with Gasteiger partial charge >= 0.3 is 0 Å². The maximum atomic E-state index is 3.19. The van der Waals surface area contributed by atoms with E-state index in [9.17, 15) is 0 Å². The number of benzene rings is 1. The summed E-state index contributed by atoms with van der Waals surface area (Å²) in [5.74, 6) is 0. The first kappa shape index (κ1) is 16.2. The SMILES string of the molecule is CNCCCCN(C)Cc1ccc(C(C)(C)C)cc1. The Hall–Kier alpha value is -0.860. The van der Waals surface area contributed by atoms with Gasteiger partial charge in [-0.15, -0.1) is 0 Å². The largest absolute Gasteiger partial charge is 0.320 e. The maximum absolute atomic E-state index is 3.19. The standard InChI is InChI=1S/C17H30N2/c1-17(2,3)16-10-8-15(9-11-16)14-19(5)13-7-6-12-18-4/h8-11,18H,6-7,12-14H2,1-5H3. The highest BCUT2D eigenvalue weighted by molar-refractivity contribution is 5.27. The number of rotatable bonds is 7. The fraction of sp³-hybridized carbons (Fsp3) is 0.647. The molecule has 0 saturated heterocycles. The molecule has 1 aromatic carbocycles. The Labute approximate surface area is 119 Å². The molecule has 108 valence electrons. The Bertz CT molecular complexity index is 349. The number of hydrogen-bond acceptors (Lipinski definition) is 2. The summed E-state index contributed by atoms with van der Waals surface area (Å²) >= 11 is 0. The average molecular weight is 262 g/mol. The second kappa shape index (κ2) is 7.66. The normalized spacial score (nSPS) is 12.1. The van der Waals surface area contributed by atoms with Gasteiger partial charge < -0.3 is 10.2 Å². The van der Waals surface area contributed by atoms with Gasteiger partial charge in [0.1, 0.15) is 0 Å². The Kier molecular flexibility index (Phi) is 6.53. The van der Waals surface area contributed by atoms with Crippen molar-refractivity contribution in [3.8, 4) is 0 Å². The summed E-state index contributed by atoms with van der Waals surface area (Å²) in [7, 11) is 4.22. The first-order chi connectivity index (χ1) is 8.93. The molecular weight excluding hydrogens is 232 g/mol. The average Bonchev–Trinajstić information content (AvgIpc) is 2.34. The molecule has 0 atom stereocenters. The van der Waals surface area contributed by atoms with Gasteiger partial charge in [0.2, 0.25) is 0 Å². The minimum Gasteiger partial charge on any atom is -0.320 e. The Morgan fingerprint density at radius 3 is 2.21 bits per heavy atom. The molecule has 0 aliphatic carbocycles. The summed E-state index contributed by atoms with van der Waals surface area (Å²) in [6.07, 6.45) is 2.52. The first-order valence-electron chi connectivity index (χ1n) is 7.36. The molecule has 0 heterocycles. The Balaban J connectivity index is 2.40. The van der Waals surface area contributed by atoms with E-state index >= 15 is 0 Å². The predicted molar refractivity (Wildman–Crippen MR) is 84.6 cm³/mol. The van der Waals surface area contributed by atoms with Crippen molar-refractivity contribution >= 4 is 0 Å². The topological polar surface area (TPSA) is 15.3 Å². The van der Waals surface area contributed by atoms with Gasteiger partial charge in [-0.2, -0.15) is 0 Å². The van der Waals surface area contributed by atoms with E-state index in [0.717, 1.165) is 13.1 Å². The van der Waals surface area contributed by atoms with Crippen LogP contribution in [0.1, 0.15) is 44.7 Å². The first-order valence-corrected chi connectivity index (χ1v) is 7.36. The van der Waals surface area contributed by atoms with E-state index < -0.39 is 0 Å². The van der Waals surface area contributed by atoms with Crippen LogP contribution < -0.4 is 5.32 Å². The molecule has 2 heteroatoms. The summed E-state index contributed by atoms with van der Waals surface area (Å²) in [4.78, 5) is 2.40. The molecule has 1 rings (SSSR count). The second-order valence-corrected chi connectivity index (χ2v) is 6.50. The van der Waals surface area contributed by atoms with Crippen LogP contribution in [0, 0.1) is 0 Å². The van der Waals surface area contributed by atoms with Crippen molar-refractivity contribution < 1.29 is 0 Å². The molecule has 0 amide bonds. The van der Waals surface area contributed by atoms with Gasteiger partial charge in [-0.25, -0.2) is 0 Å². The number of nitrogens with one attached hydrogen (secondary N) is 1. The summed E-state index contributed by atoms with van der Waals surface area (Å²) < 4.78 is 0. The van der Waals surface area contributed by atoms with E-state index in [4.69, 9.17) is 0 Å². The zero-order chi connectivity index (χ0) is 14.3. The zero-order valence-electron chi connectivity index (χ0n) is 13.3. The van der Waals surface area contributed by atoms with Gasteiger partial charge in [0.25, 0.3) is 0 Å². The minimum absolute atomic E-state index is 0.248. The van der Waals surface area contributed by atoms with E-state index in [1.807, 2.05) is 7.05 Å². The molecule has 0 bridgehead atoms. The van der Waals surface area contributed by atoms with Crippen molar-refractivity contribution in [2.45, 2.75) is 45.6 Å². The lowest BCUT2D eigenvalue weighted by Crippen LogP contribution is -2.20. The van der Waals surface area contributed by atoms with Crippen LogP contribution in [-0.2, 0) is 12.0 Å². The number of hydrogen-bond donors (Lipinski definition) is 1.